The third-order valence-electron chi connectivity index (χ3n) is 5.36. The summed E-state index contributed by atoms with van der Waals surface area (Å²) < 4.78 is 0. The Labute approximate surface area is 154 Å². The van der Waals surface area contributed by atoms with Crippen molar-refractivity contribution in [3.8, 4) is 0 Å². The van der Waals surface area contributed by atoms with Crippen LogP contribution in [0.15, 0.2) is 5.38 Å². The summed E-state index contributed by atoms with van der Waals surface area (Å²) in [5, 5.41) is 6.06. The van der Waals surface area contributed by atoms with Gasteiger partial charge in [0, 0.05) is 50.2 Å². The zero-order valence-corrected chi connectivity index (χ0v) is 15.9. The highest BCUT2D eigenvalue weighted by molar-refractivity contribution is 7.09. The Hall–Kier alpha value is -1.43. The van der Waals surface area contributed by atoms with Gasteiger partial charge < -0.3 is 10.2 Å². The average molecular weight is 364 g/mol. The van der Waals surface area contributed by atoms with Gasteiger partial charge in [0.1, 0.15) is 0 Å². The zero-order valence-electron chi connectivity index (χ0n) is 15.1. The number of hydrogen-bond donors (Lipinski definition) is 1. The molecule has 1 saturated heterocycles. The van der Waals surface area contributed by atoms with E-state index in [2.05, 4.69) is 15.6 Å². The molecule has 0 bridgehead atoms. The van der Waals surface area contributed by atoms with Crippen molar-refractivity contribution in [3.05, 3.63) is 16.1 Å². The molecule has 2 fully saturated rings. The molecule has 1 atom stereocenters. The van der Waals surface area contributed by atoms with Crippen LogP contribution in [-0.4, -0.2) is 41.3 Å². The van der Waals surface area contributed by atoms with E-state index in [0.717, 1.165) is 55.9 Å². The maximum absolute atomic E-state index is 12.8. The molecule has 1 aromatic rings. The van der Waals surface area contributed by atoms with E-state index in [1.54, 1.807) is 11.3 Å². The van der Waals surface area contributed by atoms with E-state index in [-0.39, 0.29) is 11.8 Å². The number of amides is 2. The molecule has 2 amide bonds. The van der Waals surface area contributed by atoms with Crippen molar-refractivity contribution < 1.29 is 9.59 Å². The molecule has 0 unspecified atom stereocenters. The summed E-state index contributed by atoms with van der Waals surface area (Å²) in [7, 11) is 0. The van der Waals surface area contributed by atoms with E-state index < -0.39 is 0 Å². The maximum atomic E-state index is 12.8. The Morgan fingerprint density at radius 1 is 1.24 bits per heavy atom. The van der Waals surface area contributed by atoms with Gasteiger partial charge in [0.15, 0.2) is 0 Å². The Morgan fingerprint density at radius 3 is 2.80 bits per heavy atom. The fraction of sp³-hybridized carbons (Fsp3) is 0.737. The molecule has 2 heterocycles. The Balaban J connectivity index is 1.55. The number of hydrogen-bond acceptors (Lipinski definition) is 4. The highest BCUT2D eigenvalue weighted by Gasteiger charge is 2.31. The number of piperidine rings is 1. The first-order chi connectivity index (χ1) is 12.1. The fourth-order valence-corrected chi connectivity index (χ4v) is 4.96. The van der Waals surface area contributed by atoms with Crippen molar-refractivity contribution in [2.75, 3.05) is 19.6 Å². The molecule has 0 spiro atoms. The molecular formula is C19H29N3O2S. The second-order valence-corrected chi connectivity index (χ2v) is 8.26. The lowest BCUT2D eigenvalue weighted by atomic mass is 9.87. The molecule has 5 nitrogen and oxygen atoms in total. The summed E-state index contributed by atoms with van der Waals surface area (Å²) in [6.07, 6.45) is 8.81. The minimum Gasteiger partial charge on any atom is -0.356 e. The molecule has 2 aliphatic rings. The van der Waals surface area contributed by atoms with Crippen molar-refractivity contribution in [1.29, 1.82) is 0 Å². The first kappa shape index (κ1) is 18.4. The normalized spacial score (nSPS) is 22.0. The monoisotopic (exact) mass is 363 g/mol. The lowest BCUT2D eigenvalue weighted by Gasteiger charge is -2.35. The van der Waals surface area contributed by atoms with Crippen LogP contribution in [-0.2, 0) is 16.0 Å². The van der Waals surface area contributed by atoms with Crippen LogP contribution in [0.5, 0.6) is 0 Å². The number of aromatic nitrogens is 1. The van der Waals surface area contributed by atoms with E-state index in [9.17, 15) is 9.59 Å². The van der Waals surface area contributed by atoms with Crippen molar-refractivity contribution in [2.24, 2.45) is 5.92 Å². The molecule has 0 aromatic carbocycles. The minimum absolute atomic E-state index is 0.000370. The van der Waals surface area contributed by atoms with E-state index in [4.69, 9.17) is 4.98 Å². The first-order valence-corrected chi connectivity index (χ1v) is 10.5. The van der Waals surface area contributed by atoms with Crippen LogP contribution in [0.3, 0.4) is 0 Å². The number of carbonyl (C=O) groups excluding carboxylic acids is 2. The first-order valence-electron chi connectivity index (χ1n) is 9.61. The molecule has 3 rings (SSSR count). The SMILES string of the molecule is CC(=O)NCCc1csc([C@@H]2CCCN(C(=O)C3CCCCC3)C2)n1. The van der Waals surface area contributed by atoms with E-state index in [1.807, 2.05) is 0 Å². The molecule has 6 heteroatoms. The summed E-state index contributed by atoms with van der Waals surface area (Å²) in [4.78, 5) is 30.6. The molecule has 138 valence electrons. The maximum Gasteiger partial charge on any atom is 0.225 e. The van der Waals surface area contributed by atoms with Gasteiger partial charge in [-0.2, -0.15) is 0 Å². The van der Waals surface area contributed by atoms with Gasteiger partial charge in [-0.3, -0.25) is 9.59 Å². The Bertz CT molecular complexity index is 595. The van der Waals surface area contributed by atoms with Crippen LogP contribution in [0.4, 0.5) is 0 Å². The van der Waals surface area contributed by atoms with Crippen molar-refractivity contribution >= 4 is 23.2 Å². The molecule has 1 aliphatic carbocycles. The van der Waals surface area contributed by atoms with Crippen molar-refractivity contribution in [2.45, 2.75) is 64.2 Å². The van der Waals surface area contributed by atoms with Gasteiger partial charge in [-0.05, 0) is 25.7 Å². The van der Waals surface area contributed by atoms with Gasteiger partial charge in [-0.1, -0.05) is 19.3 Å². The van der Waals surface area contributed by atoms with Crippen LogP contribution in [0, 0.1) is 5.92 Å². The third-order valence-corrected chi connectivity index (χ3v) is 6.42. The number of rotatable bonds is 5. The second kappa shape index (κ2) is 8.79. The number of carbonyl (C=O) groups is 2. The predicted octanol–water partition coefficient (Wildman–Crippen LogP) is 3.11. The molecule has 0 radical (unpaired) electrons. The average Bonchev–Trinajstić information content (AvgIpc) is 3.10. The van der Waals surface area contributed by atoms with Gasteiger partial charge in [-0.15, -0.1) is 11.3 Å². The molecular weight excluding hydrogens is 334 g/mol. The predicted molar refractivity (Wildman–Crippen MR) is 99.6 cm³/mol. The van der Waals surface area contributed by atoms with Gasteiger partial charge in [0.2, 0.25) is 11.8 Å². The van der Waals surface area contributed by atoms with Crippen LogP contribution in [0.2, 0.25) is 0 Å². The summed E-state index contributed by atoms with van der Waals surface area (Å²) in [5.74, 6) is 1.02. The topological polar surface area (TPSA) is 62.3 Å². The van der Waals surface area contributed by atoms with Gasteiger partial charge in [0.25, 0.3) is 0 Å². The summed E-state index contributed by atoms with van der Waals surface area (Å²) in [6, 6.07) is 0. The summed E-state index contributed by atoms with van der Waals surface area (Å²) >= 11 is 1.70. The van der Waals surface area contributed by atoms with E-state index >= 15 is 0 Å². The van der Waals surface area contributed by atoms with Crippen LogP contribution >= 0.6 is 11.3 Å². The fourth-order valence-electron chi connectivity index (χ4n) is 3.98. The molecule has 25 heavy (non-hydrogen) atoms. The zero-order chi connectivity index (χ0) is 17.6. The van der Waals surface area contributed by atoms with Crippen LogP contribution in [0.1, 0.15) is 68.5 Å². The van der Waals surface area contributed by atoms with Crippen molar-refractivity contribution in [1.82, 2.24) is 15.2 Å². The van der Waals surface area contributed by atoms with Crippen LogP contribution in [0.25, 0.3) is 0 Å². The lowest BCUT2D eigenvalue weighted by molar-refractivity contribution is -0.137. The molecule has 1 aromatic heterocycles. The standard InChI is InChI=1S/C19H29N3O2S/c1-14(23)20-10-9-17-13-25-18(21-17)16-8-5-11-22(12-16)19(24)15-6-3-2-4-7-15/h13,15-16H,2-12H2,1H3,(H,20,23)/t16-/m1/s1. The number of nitrogens with one attached hydrogen (secondary N) is 1. The molecule has 1 N–H and O–H groups in total. The molecule has 1 aliphatic heterocycles. The highest BCUT2D eigenvalue weighted by Crippen LogP contribution is 2.32. The smallest absolute Gasteiger partial charge is 0.225 e. The quantitative estimate of drug-likeness (QED) is 0.874. The van der Waals surface area contributed by atoms with Gasteiger partial charge in [-0.25, -0.2) is 4.98 Å². The highest BCUT2D eigenvalue weighted by atomic mass is 32.1. The Kier molecular flexibility index (Phi) is 6.45. The van der Waals surface area contributed by atoms with Gasteiger partial charge >= 0.3 is 0 Å². The Morgan fingerprint density at radius 2 is 2.04 bits per heavy atom. The number of thiazole rings is 1. The third kappa shape index (κ3) is 5.03. The van der Waals surface area contributed by atoms with E-state index in [1.165, 1.54) is 26.2 Å². The summed E-state index contributed by atoms with van der Waals surface area (Å²) in [5.41, 5.74) is 1.05. The minimum atomic E-state index is -0.000370. The van der Waals surface area contributed by atoms with Gasteiger partial charge in [0.05, 0.1) is 10.7 Å². The molecule has 1 saturated carbocycles. The van der Waals surface area contributed by atoms with E-state index in [0.29, 0.717) is 18.4 Å². The van der Waals surface area contributed by atoms with Crippen LogP contribution < -0.4 is 5.32 Å². The van der Waals surface area contributed by atoms with Crippen molar-refractivity contribution in [3.63, 3.8) is 0 Å². The lowest BCUT2D eigenvalue weighted by Crippen LogP contribution is -2.42. The summed E-state index contributed by atoms with van der Waals surface area (Å²) in [6.45, 7) is 3.91. The number of nitrogens with zero attached hydrogens (tertiary/aromatic N) is 2. The second-order valence-electron chi connectivity index (χ2n) is 7.37. The number of likely N-dealkylation sites (tertiary alicyclic amines) is 1. The largest absolute Gasteiger partial charge is 0.356 e.